The molecule has 5 heteroatoms. The molecule has 1 heterocycles. The predicted molar refractivity (Wildman–Crippen MR) is 94.3 cm³/mol. The molecule has 0 saturated carbocycles. The molecule has 0 spiro atoms. The molecular weight excluding hydrogens is 288 g/mol. The lowest BCUT2D eigenvalue weighted by Crippen LogP contribution is -2.10. The van der Waals surface area contributed by atoms with E-state index in [1.54, 1.807) is 7.11 Å². The number of aromatic nitrogens is 2. The maximum atomic E-state index is 5.37. The van der Waals surface area contributed by atoms with E-state index in [2.05, 4.69) is 26.7 Å². The van der Waals surface area contributed by atoms with Gasteiger partial charge in [0.2, 0.25) is 5.95 Å². The van der Waals surface area contributed by atoms with Crippen LogP contribution in [0.1, 0.15) is 5.56 Å². The first kappa shape index (κ1) is 15.1. The van der Waals surface area contributed by atoms with Crippen LogP contribution in [0.4, 0.5) is 11.8 Å². The Bertz CT molecular complexity index is 804. The lowest BCUT2D eigenvalue weighted by atomic mass is 10.1. The minimum atomic E-state index is 0.628. The third kappa shape index (κ3) is 3.34. The fourth-order valence-corrected chi connectivity index (χ4v) is 2.56. The van der Waals surface area contributed by atoms with Gasteiger partial charge in [-0.25, -0.2) is 4.98 Å². The molecule has 0 aliphatic carbocycles. The van der Waals surface area contributed by atoms with Crippen molar-refractivity contribution in [3.63, 3.8) is 0 Å². The molecule has 0 aliphatic heterocycles. The van der Waals surface area contributed by atoms with Gasteiger partial charge in [-0.3, -0.25) is 0 Å². The van der Waals surface area contributed by atoms with E-state index in [0.29, 0.717) is 5.95 Å². The molecule has 3 rings (SSSR count). The number of hydrogen-bond acceptors (Lipinski definition) is 5. The Kier molecular flexibility index (Phi) is 4.57. The highest BCUT2D eigenvalue weighted by Crippen LogP contribution is 2.21. The summed E-state index contributed by atoms with van der Waals surface area (Å²) in [6.45, 7) is 0.738. The molecule has 2 aromatic carbocycles. The number of ether oxygens (including phenoxy) is 1. The van der Waals surface area contributed by atoms with Gasteiger partial charge < -0.3 is 15.4 Å². The van der Waals surface area contributed by atoms with Crippen molar-refractivity contribution >= 4 is 22.7 Å². The second kappa shape index (κ2) is 6.96. The molecule has 0 aliphatic rings. The third-order valence-corrected chi connectivity index (χ3v) is 3.71. The smallest absolute Gasteiger partial charge is 0.225 e. The molecule has 0 amide bonds. The van der Waals surface area contributed by atoms with Crippen molar-refractivity contribution in [2.75, 3.05) is 31.3 Å². The minimum Gasteiger partial charge on any atom is -0.496 e. The number of nitrogens with one attached hydrogen (secondary N) is 2. The highest BCUT2D eigenvalue weighted by Gasteiger charge is 2.06. The second-order valence-electron chi connectivity index (χ2n) is 5.15. The average molecular weight is 308 g/mol. The van der Waals surface area contributed by atoms with E-state index in [4.69, 9.17) is 4.74 Å². The summed E-state index contributed by atoms with van der Waals surface area (Å²) >= 11 is 0. The van der Waals surface area contributed by atoms with Crippen LogP contribution in [0.25, 0.3) is 10.9 Å². The fourth-order valence-electron chi connectivity index (χ4n) is 2.56. The van der Waals surface area contributed by atoms with Gasteiger partial charge in [0.25, 0.3) is 0 Å². The van der Waals surface area contributed by atoms with E-state index < -0.39 is 0 Å². The number of nitrogens with zero attached hydrogens (tertiary/aromatic N) is 2. The van der Waals surface area contributed by atoms with Crippen LogP contribution < -0.4 is 15.4 Å². The molecule has 2 N–H and O–H groups in total. The largest absolute Gasteiger partial charge is 0.496 e. The van der Waals surface area contributed by atoms with Crippen LogP contribution in [0.2, 0.25) is 0 Å². The van der Waals surface area contributed by atoms with Crippen LogP contribution in [-0.2, 0) is 6.42 Å². The molecule has 0 radical (unpaired) electrons. The van der Waals surface area contributed by atoms with Gasteiger partial charge in [0.15, 0.2) is 0 Å². The van der Waals surface area contributed by atoms with Crippen molar-refractivity contribution < 1.29 is 4.74 Å². The molecular formula is C18H20N4O. The van der Waals surface area contributed by atoms with Crippen molar-refractivity contribution in [1.29, 1.82) is 0 Å². The van der Waals surface area contributed by atoms with Gasteiger partial charge >= 0.3 is 0 Å². The maximum absolute atomic E-state index is 5.37. The van der Waals surface area contributed by atoms with Crippen LogP contribution in [0.5, 0.6) is 5.75 Å². The van der Waals surface area contributed by atoms with Crippen molar-refractivity contribution in [2.45, 2.75) is 6.42 Å². The van der Waals surface area contributed by atoms with Gasteiger partial charge in [0.05, 0.1) is 12.6 Å². The van der Waals surface area contributed by atoms with Crippen molar-refractivity contribution in [3.05, 3.63) is 54.1 Å². The molecule has 0 bridgehead atoms. The zero-order valence-electron chi connectivity index (χ0n) is 13.3. The zero-order valence-corrected chi connectivity index (χ0v) is 13.3. The van der Waals surface area contributed by atoms with E-state index in [1.165, 1.54) is 0 Å². The SMILES string of the molecule is CNc1nc(NCCc2ccccc2OC)nc2ccccc12. The molecule has 1 aromatic heterocycles. The molecule has 23 heavy (non-hydrogen) atoms. The van der Waals surface area contributed by atoms with E-state index in [1.807, 2.05) is 49.5 Å². The summed E-state index contributed by atoms with van der Waals surface area (Å²) < 4.78 is 5.37. The predicted octanol–water partition coefficient (Wildman–Crippen LogP) is 3.33. The summed E-state index contributed by atoms with van der Waals surface area (Å²) in [4.78, 5) is 9.09. The molecule has 0 fully saturated rings. The number of rotatable bonds is 6. The van der Waals surface area contributed by atoms with Gasteiger partial charge in [0, 0.05) is 19.0 Å². The van der Waals surface area contributed by atoms with Crippen LogP contribution in [0.3, 0.4) is 0 Å². The first-order valence-corrected chi connectivity index (χ1v) is 7.62. The number of anilines is 2. The number of methoxy groups -OCH3 is 1. The Balaban J connectivity index is 1.74. The Labute approximate surface area is 135 Å². The van der Waals surface area contributed by atoms with E-state index >= 15 is 0 Å². The van der Waals surface area contributed by atoms with Gasteiger partial charge in [-0.1, -0.05) is 30.3 Å². The number of para-hydroxylation sites is 2. The lowest BCUT2D eigenvalue weighted by Gasteiger charge is -2.11. The summed E-state index contributed by atoms with van der Waals surface area (Å²) in [5.74, 6) is 2.36. The Morgan fingerprint density at radius 2 is 1.78 bits per heavy atom. The van der Waals surface area contributed by atoms with Crippen molar-refractivity contribution in [1.82, 2.24) is 9.97 Å². The number of benzene rings is 2. The highest BCUT2D eigenvalue weighted by molar-refractivity contribution is 5.89. The summed E-state index contributed by atoms with van der Waals surface area (Å²) in [5.41, 5.74) is 2.09. The van der Waals surface area contributed by atoms with Crippen molar-refractivity contribution in [2.24, 2.45) is 0 Å². The first-order chi connectivity index (χ1) is 11.3. The van der Waals surface area contributed by atoms with Crippen LogP contribution in [-0.4, -0.2) is 30.7 Å². The van der Waals surface area contributed by atoms with Crippen LogP contribution >= 0.6 is 0 Å². The Morgan fingerprint density at radius 3 is 2.61 bits per heavy atom. The first-order valence-electron chi connectivity index (χ1n) is 7.62. The second-order valence-corrected chi connectivity index (χ2v) is 5.15. The van der Waals surface area contributed by atoms with Gasteiger partial charge in [-0.2, -0.15) is 4.98 Å². The standard InChI is InChI=1S/C18H20N4O/c1-19-17-14-8-4-5-9-15(14)21-18(22-17)20-12-11-13-7-3-6-10-16(13)23-2/h3-10H,11-12H2,1-2H3,(H2,19,20,21,22). The van der Waals surface area contributed by atoms with Gasteiger partial charge in [0.1, 0.15) is 11.6 Å². The summed E-state index contributed by atoms with van der Waals surface area (Å²) in [6.07, 6.45) is 0.842. The maximum Gasteiger partial charge on any atom is 0.225 e. The van der Waals surface area contributed by atoms with Gasteiger partial charge in [-0.15, -0.1) is 0 Å². The molecule has 5 nitrogen and oxygen atoms in total. The Morgan fingerprint density at radius 1 is 1.00 bits per heavy atom. The molecule has 0 unspecified atom stereocenters. The number of hydrogen-bond donors (Lipinski definition) is 2. The fraction of sp³-hybridized carbons (Fsp3) is 0.222. The topological polar surface area (TPSA) is 59.1 Å². The van der Waals surface area contributed by atoms with Crippen molar-refractivity contribution in [3.8, 4) is 5.75 Å². The normalized spacial score (nSPS) is 10.5. The lowest BCUT2D eigenvalue weighted by molar-refractivity contribution is 0.410. The summed E-state index contributed by atoms with van der Waals surface area (Å²) in [6, 6.07) is 16.0. The highest BCUT2D eigenvalue weighted by atomic mass is 16.5. The van der Waals surface area contributed by atoms with Gasteiger partial charge in [-0.05, 0) is 30.2 Å². The Hall–Kier alpha value is -2.82. The van der Waals surface area contributed by atoms with Crippen LogP contribution in [0.15, 0.2) is 48.5 Å². The minimum absolute atomic E-state index is 0.628. The zero-order chi connectivity index (χ0) is 16.1. The van der Waals surface area contributed by atoms with Crippen LogP contribution in [0, 0.1) is 0 Å². The van der Waals surface area contributed by atoms with E-state index in [9.17, 15) is 0 Å². The molecule has 0 saturated heterocycles. The monoisotopic (exact) mass is 308 g/mol. The van der Waals surface area contributed by atoms with E-state index in [0.717, 1.165) is 41.0 Å². The number of fused-ring (bicyclic) bond motifs is 1. The average Bonchev–Trinajstić information content (AvgIpc) is 2.61. The summed E-state index contributed by atoms with van der Waals surface area (Å²) in [5, 5.41) is 7.44. The van der Waals surface area contributed by atoms with E-state index in [-0.39, 0.29) is 0 Å². The molecule has 0 atom stereocenters. The summed E-state index contributed by atoms with van der Waals surface area (Å²) in [7, 11) is 3.56. The molecule has 118 valence electrons. The third-order valence-electron chi connectivity index (χ3n) is 3.71. The quantitative estimate of drug-likeness (QED) is 0.731. The molecule has 3 aromatic rings.